The Labute approximate surface area is 204 Å². The zero-order valence-corrected chi connectivity index (χ0v) is 20.8. The van der Waals surface area contributed by atoms with Gasteiger partial charge in [0.2, 0.25) is 0 Å². The number of aromatic nitrogens is 4. The fraction of sp³-hybridized carbons (Fsp3) is 0.333. The van der Waals surface area contributed by atoms with Crippen LogP contribution in [0.25, 0.3) is 21.3 Å². The normalized spacial score (nSPS) is 11.2. The summed E-state index contributed by atoms with van der Waals surface area (Å²) in [5.74, 6) is -0.572. The average molecular weight is 448 g/mol. The predicted molar refractivity (Wildman–Crippen MR) is 114 cm³/mol. The first-order valence-electron chi connectivity index (χ1n) is 9.79. The van der Waals surface area contributed by atoms with Crippen LogP contribution in [-0.2, 0) is 26.6 Å². The summed E-state index contributed by atoms with van der Waals surface area (Å²) in [5, 5.41) is 12.1. The van der Waals surface area contributed by atoms with Gasteiger partial charge in [-0.1, -0.05) is 19.1 Å². The van der Waals surface area contributed by atoms with Gasteiger partial charge in [0.1, 0.15) is 10.7 Å². The molecule has 0 saturated carbocycles. The molecule has 0 N–H and O–H groups in total. The van der Waals surface area contributed by atoms with E-state index in [0.29, 0.717) is 16.3 Å². The Balaban J connectivity index is 0.00000272. The Morgan fingerprint density at radius 2 is 1.87 bits per heavy atom. The number of aromatic carboxylic acids is 1. The van der Waals surface area contributed by atoms with E-state index in [1.54, 1.807) is 6.92 Å². The van der Waals surface area contributed by atoms with Crippen LogP contribution in [0.3, 0.4) is 0 Å². The van der Waals surface area contributed by atoms with E-state index in [4.69, 9.17) is 4.98 Å². The Bertz CT molecular complexity index is 1410. The molecule has 0 amide bonds. The number of nitrogens with zero attached hydrogens (tertiary/aromatic N) is 4. The quantitative estimate of drug-likeness (QED) is 0.334. The van der Waals surface area contributed by atoms with Crippen LogP contribution in [0.2, 0.25) is 0 Å². The summed E-state index contributed by atoms with van der Waals surface area (Å²) in [6, 6.07) is 7.67. The van der Waals surface area contributed by atoms with Crippen LogP contribution in [-0.4, -0.2) is 24.7 Å². The van der Waals surface area contributed by atoms with Gasteiger partial charge >= 0.3 is 35.2 Å². The van der Waals surface area contributed by atoms with Gasteiger partial charge in [0.05, 0.1) is 28.9 Å². The van der Waals surface area contributed by atoms with Gasteiger partial charge in [0.15, 0.2) is 0 Å². The van der Waals surface area contributed by atoms with Crippen LogP contribution < -0.4 is 45.9 Å². The number of benzene rings is 1. The van der Waals surface area contributed by atoms with E-state index in [9.17, 15) is 19.5 Å². The SMILES string of the molecule is CCCc1nc2ccccc2n1Cc1sc2c(c1C(=O)[O-])c(=O)n(C)c(=O)n2CC.[Na+]. The van der Waals surface area contributed by atoms with Gasteiger partial charge in [-0.05, 0) is 25.5 Å². The van der Waals surface area contributed by atoms with Crippen molar-refractivity contribution in [2.24, 2.45) is 7.05 Å². The number of hydrogen-bond acceptors (Lipinski definition) is 6. The molecule has 4 rings (SSSR count). The molecule has 3 heterocycles. The number of aryl methyl sites for hydroxylation is 2. The minimum absolute atomic E-state index is 0. The van der Waals surface area contributed by atoms with Crippen molar-refractivity contribution in [1.82, 2.24) is 18.7 Å². The number of rotatable bonds is 6. The largest absolute Gasteiger partial charge is 1.00 e. The molecule has 31 heavy (non-hydrogen) atoms. The van der Waals surface area contributed by atoms with Crippen molar-refractivity contribution in [2.45, 2.75) is 39.8 Å². The van der Waals surface area contributed by atoms with Gasteiger partial charge in [-0.3, -0.25) is 13.9 Å². The third-order valence-electron chi connectivity index (χ3n) is 5.27. The minimum Gasteiger partial charge on any atom is -0.545 e. The molecule has 0 aliphatic heterocycles. The topological polar surface area (TPSA) is 102 Å². The molecule has 0 aliphatic rings. The van der Waals surface area contributed by atoms with Crippen molar-refractivity contribution in [3.05, 3.63) is 61.4 Å². The Hall–Kier alpha value is -2.20. The fourth-order valence-corrected chi connectivity index (χ4v) is 5.17. The fourth-order valence-electron chi connectivity index (χ4n) is 3.84. The first-order chi connectivity index (χ1) is 14.4. The van der Waals surface area contributed by atoms with Gasteiger partial charge in [0.25, 0.3) is 5.56 Å². The van der Waals surface area contributed by atoms with E-state index in [1.807, 2.05) is 28.8 Å². The molecule has 0 spiro atoms. The molecule has 0 saturated heterocycles. The number of hydrogen-bond donors (Lipinski definition) is 0. The second-order valence-electron chi connectivity index (χ2n) is 7.11. The molecule has 0 aliphatic carbocycles. The van der Waals surface area contributed by atoms with Gasteiger partial charge in [-0.25, -0.2) is 9.78 Å². The van der Waals surface area contributed by atoms with Crippen LogP contribution >= 0.6 is 11.3 Å². The molecule has 0 fully saturated rings. The van der Waals surface area contributed by atoms with Gasteiger partial charge < -0.3 is 14.5 Å². The Kier molecular flexibility index (Phi) is 6.90. The first-order valence-corrected chi connectivity index (χ1v) is 10.6. The van der Waals surface area contributed by atoms with Crippen molar-refractivity contribution in [3.63, 3.8) is 0 Å². The summed E-state index contributed by atoms with van der Waals surface area (Å²) in [6.07, 6.45) is 1.63. The second-order valence-corrected chi connectivity index (χ2v) is 8.20. The summed E-state index contributed by atoms with van der Waals surface area (Å²) < 4.78 is 4.36. The zero-order valence-electron chi connectivity index (χ0n) is 18.0. The Morgan fingerprint density at radius 3 is 2.52 bits per heavy atom. The molecule has 3 aromatic heterocycles. The van der Waals surface area contributed by atoms with Crippen LogP contribution in [0.1, 0.15) is 41.3 Å². The molecule has 156 valence electrons. The van der Waals surface area contributed by atoms with Crippen LogP contribution in [0.5, 0.6) is 0 Å². The number of fused-ring (bicyclic) bond motifs is 2. The van der Waals surface area contributed by atoms with E-state index in [2.05, 4.69) is 6.92 Å². The molecule has 0 atom stereocenters. The van der Waals surface area contributed by atoms with Gasteiger partial charge in [0, 0.05) is 30.5 Å². The summed E-state index contributed by atoms with van der Waals surface area (Å²) in [4.78, 5) is 42.9. The molecule has 0 bridgehead atoms. The van der Waals surface area contributed by atoms with Crippen molar-refractivity contribution < 1.29 is 39.5 Å². The molecule has 4 aromatic rings. The summed E-state index contributed by atoms with van der Waals surface area (Å²) >= 11 is 1.15. The summed E-state index contributed by atoms with van der Waals surface area (Å²) in [6.45, 7) is 4.40. The molecule has 0 radical (unpaired) electrons. The number of carboxylic acid groups (broad SMARTS) is 1. The smallest absolute Gasteiger partial charge is 0.545 e. The number of carboxylic acids is 1. The van der Waals surface area contributed by atoms with Gasteiger partial charge in [-0.2, -0.15) is 0 Å². The summed E-state index contributed by atoms with van der Waals surface area (Å²) in [5.41, 5.74) is 0.498. The standard InChI is InChI=1S/C21H22N4O4S.Na/c1-4-8-15-22-12-9-6-7-10-13(12)25(15)11-14-16(20(27)28)17-18(26)23(3)21(29)24(5-2)19(17)30-14;/h6-7,9-10H,4-5,8,11H2,1-3H3,(H,27,28);/q;+1/p-1. The summed E-state index contributed by atoms with van der Waals surface area (Å²) in [7, 11) is 1.36. The number of thiophene rings is 1. The monoisotopic (exact) mass is 448 g/mol. The molecule has 1 aromatic carbocycles. The van der Waals surface area contributed by atoms with Gasteiger partial charge in [-0.15, -0.1) is 11.3 Å². The minimum atomic E-state index is -1.42. The van der Waals surface area contributed by atoms with E-state index in [0.717, 1.165) is 45.6 Å². The maximum Gasteiger partial charge on any atom is 1.00 e. The third kappa shape index (κ3) is 3.80. The van der Waals surface area contributed by atoms with Crippen LogP contribution in [0.4, 0.5) is 0 Å². The number of carbonyl (C=O) groups excluding carboxylic acids is 1. The van der Waals surface area contributed by atoms with E-state index >= 15 is 0 Å². The van der Waals surface area contributed by atoms with E-state index in [1.165, 1.54) is 11.6 Å². The van der Waals surface area contributed by atoms with Crippen LogP contribution in [0, 0.1) is 0 Å². The predicted octanol–water partition coefficient (Wildman–Crippen LogP) is -1.50. The molecular weight excluding hydrogens is 427 g/mol. The molecular formula is C21H21N4NaO4S. The van der Waals surface area contributed by atoms with Crippen molar-refractivity contribution >= 4 is 38.6 Å². The average Bonchev–Trinajstić information content (AvgIpc) is 3.26. The Morgan fingerprint density at radius 1 is 1.16 bits per heavy atom. The molecule has 10 heteroatoms. The van der Waals surface area contributed by atoms with Crippen molar-refractivity contribution in [1.29, 1.82) is 0 Å². The maximum atomic E-state index is 12.8. The van der Waals surface area contributed by atoms with Crippen LogP contribution in [0.15, 0.2) is 33.9 Å². The number of para-hydroxylation sites is 2. The van der Waals surface area contributed by atoms with Crippen molar-refractivity contribution in [2.75, 3.05) is 0 Å². The zero-order chi connectivity index (χ0) is 21.6. The maximum absolute atomic E-state index is 12.8. The van der Waals surface area contributed by atoms with E-state index in [-0.39, 0.29) is 47.1 Å². The number of carbonyl (C=O) groups is 1. The van der Waals surface area contributed by atoms with E-state index < -0.39 is 17.2 Å². The first kappa shape index (κ1) is 23.5. The van der Waals surface area contributed by atoms with Crippen molar-refractivity contribution in [3.8, 4) is 0 Å². The molecule has 0 unspecified atom stereocenters. The number of imidazole rings is 1. The second kappa shape index (κ2) is 9.12. The molecule has 8 nitrogen and oxygen atoms in total. The third-order valence-corrected chi connectivity index (χ3v) is 6.47.